The Morgan fingerprint density at radius 2 is 1.74 bits per heavy atom. The van der Waals surface area contributed by atoms with Crippen LogP contribution in [0.1, 0.15) is 51.0 Å². The van der Waals surface area contributed by atoms with Gasteiger partial charge in [-0.2, -0.15) is 4.31 Å². The number of piperidine rings is 1. The molecule has 0 unspecified atom stereocenters. The highest BCUT2D eigenvalue weighted by molar-refractivity contribution is 7.89. The fourth-order valence-corrected chi connectivity index (χ4v) is 6.43. The molecule has 0 saturated carbocycles. The van der Waals surface area contributed by atoms with Crippen LogP contribution in [-0.4, -0.2) is 66.8 Å². The molecule has 2 aliphatic heterocycles. The summed E-state index contributed by atoms with van der Waals surface area (Å²) in [5, 5.41) is 0.780. The molecule has 1 amide bonds. The molecule has 1 aromatic heterocycles. The van der Waals surface area contributed by atoms with Crippen LogP contribution in [0.25, 0.3) is 10.9 Å². The summed E-state index contributed by atoms with van der Waals surface area (Å²) in [6, 6.07) is 7.07. The number of ether oxygens (including phenoxy) is 1. The molecule has 2 fully saturated rings. The van der Waals surface area contributed by atoms with Gasteiger partial charge in [0.15, 0.2) is 6.10 Å². The van der Waals surface area contributed by atoms with E-state index in [0.717, 1.165) is 36.6 Å². The Morgan fingerprint density at radius 3 is 2.41 bits per heavy atom. The van der Waals surface area contributed by atoms with Crippen molar-refractivity contribution in [3.05, 3.63) is 36.0 Å². The molecule has 4 rings (SSSR count). The van der Waals surface area contributed by atoms with E-state index in [0.29, 0.717) is 31.4 Å². The number of para-hydroxylation sites is 1. The van der Waals surface area contributed by atoms with E-state index in [4.69, 9.17) is 4.74 Å². The zero-order valence-corrected chi connectivity index (χ0v) is 20.7. The van der Waals surface area contributed by atoms with Gasteiger partial charge in [0.05, 0.1) is 11.4 Å². The molecule has 1 aromatic carbocycles. The number of benzene rings is 1. The van der Waals surface area contributed by atoms with Crippen LogP contribution < -0.4 is 0 Å². The smallest absolute Gasteiger partial charge is 0.309 e. The molecule has 2 aromatic rings. The first-order valence-corrected chi connectivity index (χ1v) is 13.6. The van der Waals surface area contributed by atoms with E-state index in [1.54, 1.807) is 30.2 Å². The number of hydrogen-bond acceptors (Lipinski definition) is 6. The number of carbonyl (C=O) groups is 2. The number of hydrogen-bond donors (Lipinski definition) is 0. The first kappa shape index (κ1) is 24.6. The van der Waals surface area contributed by atoms with Crippen LogP contribution in [0.5, 0.6) is 0 Å². The monoisotopic (exact) mass is 487 g/mol. The maximum atomic E-state index is 13.4. The van der Waals surface area contributed by atoms with Crippen molar-refractivity contribution in [3.8, 4) is 0 Å². The number of rotatable bonds is 5. The highest BCUT2D eigenvalue weighted by Gasteiger charge is 2.35. The summed E-state index contributed by atoms with van der Waals surface area (Å²) in [4.78, 5) is 31.8. The number of amides is 1. The second kappa shape index (κ2) is 10.4. The molecule has 1 atom stereocenters. The molecule has 0 spiro atoms. The topological polar surface area (TPSA) is 96.9 Å². The van der Waals surface area contributed by atoms with Crippen LogP contribution in [-0.2, 0) is 24.3 Å². The number of likely N-dealkylation sites (tertiary alicyclic amines) is 1. The van der Waals surface area contributed by atoms with Gasteiger partial charge in [-0.25, -0.2) is 8.42 Å². The molecular formula is C25H33N3O5S. The average molecular weight is 488 g/mol. The Morgan fingerprint density at radius 1 is 1.06 bits per heavy atom. The second-order valence-corrected chi connectivity index (χ2v) is 11.2. The maximum absolute atomic E-state index is 13.4. The number of nitrogens with zero attached hydrogens (tertiary/aromatic N) is 3. The SMILES string of the molecule is Cc1cnc2c(S(=O)(=O)N3CCC(C(=O)O[C@@H](C)C(=O)N4CCCCCC4)CC3)cccc2c1. The Hall–Kier alpha value is -2.52. The summed E-state index contributed by atoms with van der Waals surface area (Å²) in [5.74, 6) is -0.983. The minimum atomic E-state index is -3.75. The molecule has 0 bridgehead atoms. The Bertz CT molecular complexity index is 1150. The highest BCUT2D eigenvalue weighted by Crippen LogP contribution is 2.29. The molecule has 2 aliphatic rings. The van der Waals surface area contributed by atoms with E-state index >= 15 is 0 Å². The number of esters is 1. The number of pyridine rings is 1. The van der Waals surface area contributed by atoms with Crippen molar-refractivity contribution in [3.63, 3.8) is 0 Å². The molecule has 3 heterocycles. The summed E-state index contributed by atoms with van der Waals surface area (Å²) in [5.41, 5.74) is 1.42. The van der Waals surface area contributed by atoms with Crippen molar-refractivity contribution in [1.29, 1.82) is 0 Å². The summed E-state index contributed by atoms with van der Waals surface area (Å²) >= 11 is 0. The van der Waals surface area contributed by atoms with Gasteiger partial charge in [-0.05, 0) is 57.2 Å². The molecule has 184 valence electrons. The van der Waals surface area contributed by atoms with E-state index in [1.165, 1.54) is 4.31 Å². The van der Waals surface area contributed by atoms with Gasteiger partial charge < -0.3 is 9.64 Å². The number of fused-ring (bicyclic) bond motifs is 1. The highest BCUT2D eigenvalue weighted by atomic mass is 32.2. The molecule has 2 saturated heterocycles. The van der Waals surface area contributed by atoms with Crippen molar-refractivity contribution in [2.45, 2.75) is 63.4 Å². The van der Waals surface area contributed by atoms with Crippen LogP contribution in [0.2, 0.25) is 0 Å². The number of aryl methyl sites for hydroxylation is 1. The zero-order chi connectivity index (χ0) is 24.3. The third-order valence-corrected chi connectivity index (χ3v) is 8.70. The minimum Gasteiger partial charge on any atom is -0.452 e. The Labute approximate surface area is 201 Å². The standard InChI is InChI=1S/C25H33N3O5S/c1-18-16-21-8-7-9-22(23(21)26-17-18)34(31,32)28-14-10-20(11-15-28)25(30)33-19(2)24(29)27-12-5-3-4-6-13-27/h7-9,16-17,19-20H,3-6,10-15H2,1-2H3/t19-/m0/s1. The molecule has 8 nitrogen and oxygen atoms in total. The maximum Gasteiger partial charge on any atom is 0.309 e. The van der Waals surface area contributed by atoms with Crippen molar-refractivity contribution >= 4 is 32.8 Å². The van der Waals surface area contributed by atoms with Crippen LogP contribution >= 0.6 is 0 Å². The van der Waals surface area contributed by atoms with Crippen LogP contribution in [0.15, 0.2) is 35.4 Å². The second-order valence-electron chi connectivity index (χ2n) is 9.34. The zero-order valence-electron chi connectivity index (χ0n) is 19.9. The van der Waals surface area contributed by atoms with Crippen LogP contribution in [0.4, 0.5) is 0 Å². The first-order chi connectivity index (χ1) is 16.3. The van der Waals surface area contributed by atoms with Gasteiger partial charge >= 0.3 is 5.97 Å². The molecular weight excluding hydrogens is 454 g/mol. The van der Waals surface area contributed by atoms with E-state index in [2.05, 4.69) is 4.98 Å². The molecule has 0 aliphatic carbocycles. The molecule has 0 radical (unpaired) electrons. The quantitative estimate of drug-likeness (QED) is 0.601. The van der Waals surface area contributed by atoms with Crippen molar-refractivity contribution in [2.75, 3.05) is 26.2 Å². The lowest BCUT2D eigenvalue weighted by Crippen LogP contribution is -2.43. The predicted molar refractivity (Wildman–Crippen MR) is 129 cm³/mol. The Balaban J connectivity index is 1.37. The Kier molecular flexibility index (Phi) is 7.52. The van der Waals surface area contributed by atoms with Crippen molar-refractivity contribution in [1.82, 2.24) is 14.2 Å². The lowest BCUT2D eigenvalue weighted by molar-refractivity contribution is -0.163. The summed E-state index contributed by atoms with van der Waals surface area (Å²) in [6.45, 7) is 5.40. The number of sulfonamides is 1. The summed E-state index contributed by atoms with van der Waals surface area (Å²) in [6.07, 6.45) is 5.76. The van der Waals surface area contributed by atoms with Gasteiger partial charge in [0.2, 0.25) is 10.0 Å². The first-order valence-electron chi connectivity index (χ1n) is 12.1. The lowest BCUT2D eigenvalue weighted by atomic mass is 9.98. The van der Waals surface area contributed by atoms with Crippen LogP contribution in [0, 0.1) is 12.8 Å². The van der Waals surface area contributed by atoms with Gasteiger partial charge in [-0.15, -0.1) is 0 Å². The third kappa shape index (κ3) is 5.25. The predicted octanol–water partition coefficient (Wildman–Crippen LogP) is 3.28. The van der Waals surface area contributed by atoms with Gasteiger partial charge in [0, 0.05) is 37.8 Å². The largest absolute Gasteiger partial charge is 0.452 e. The molecule has 9 heteroatoms. The van der Waals surface area contributed by atoms with Gasteiger partial charge in [-0.1, -0.05) is 25.0 Å². The summed E-state index contributed by atoms with van der Waals surface area (Å²) in [7, 11) is -3.75. The minimum absolute atomic E-state index is 0.144. The van der Waals surface area contributed by atoms with Crippen molar-refractivity contribution < 1.29 is 22.7 Å². The number of aromatic nitrogens is 1. The average Bonchev–Trinajstić information content (AvgIpc) is 3.12. The van der Waals surface area contributed by atoms with Gasteiger partial charge in [0.1, 0.15) is 4.90 Å². The van der Waals surface area contributed by atoms with Crippen LogP contribution in [0.3, 0.4) is 0 Å². The van der Waals surface area contributed by atoms with Gasteiger partial charge in [-0.3, -0.25) is 14.6 Å². The fourth-order valence-electron chi connectivity index (χ4n) is 4.79. The van der Waals surface area contributed by atoms with E-state index in [-0.39, 0.29) is 23.9 Å². The van der Waals surface area contributed by atoms with E-state index < -0.39 is 28.0 Å². The molecule has 0 N–H and O–H groups in total. The van der Waals surface area contributed by atoms with Crippen molar-refractivity contribution in [2.24, 2.45) is 5.92 Å². The summed E-state index contributed by atoms with van der Waals surface area (Å²) < 4.78 is 33.6. The van der Waals surface area contributed by atoms with E-state index in [9.17, 15) is 18.0 Å². The lowest BCUT2D eigenvalue weighted by Gasteiger charge is -2.31. The van der Waals surface area contributed by atoms with E-state index in [1.807, 2.05) is 19.1 Å². The van der Waals surface area contributed by atoms with Gasteiger partial charge in [0.25, 0.3) is 5.91 Å². The third-order valence-electron chi connectivity index (χ3n) is 6.77. The normalized spacial score (nSPS) is 19.5. The fraction of sp³-hybridized carbons (Fsp3) is 0.560. The molecule has 34 heavy (non-hydrogen) atoms. The number of carbonyl (C=O) groups excluding carboxylic acids is 2.